The normalized spacial score (nSPS) is 13.3. The predicted molar refractivity (Wildman–Crippen MR) is 112 cm³/mol. The average Bonchev–Trinajstić information content (AvgIpc) is 3.59. The lowest BCUT2D eigenvalue weighted by Gasteiger charge is -2.12. The Morgan fingerprint density at radius 2 is 1.50 bits per heavy atom. The van der Waals surface area contributed by atoms with E-state index in [1.807, 2.05) is 0 Å². The molecule has 0 spiro atoms. The van der Waals surface area contributed by atoms with Crippen molar-refractivity contribution in [3.05, 3.63) is 72.3 Å². The Labute approximate surface area is 181 Å². The van der Waals surface area contributed by atoms with Gasteiger partial charge in [-0.15, -0.1) is 13.2 Å². The van der Waals surface area contributed by atoms with E-state index < -0.39 is 6.36 Å². The van der Waals surface area contributed by atoms with Gasteiger partial charge >= 0.3 is 6.36 Å². The third-order valence-electron chi connectivity index (χ3n) is 4.72. The molecule has 2 amide bonds. The highest BCUT2D eigenvalue weighted by molar-refractivity contribution is 6.04. The van der Waals surface area contributed by atoms with Crippen LogP contribution in [0.1, 0.15) is 23.2 Å². The minimum absolute atomic E-state index is 0.0541. The predicted octanol–water partition coefficient (Wildman–Crippen LogP) is 5.25. The molecule has 4 rings (SSSR count). The van der Waals surface area contributed by atoms with Gasteiger partial charge < -0.3 is 15.4 Å². The van der Waals surface area contributed by atoms with Crippen LogP contribution < -0.4 is 15.4 Å². The molecule has 0 bridgehead atoms. The van der Waals surface area contributed by atoms with Gasteiger partial charge in [0.2, 0.25) is 5.91 Å². The van der Waals surface area contributed by atoms with Gasteiger partial charge in [0, 0.05) is 11.5 Å². The first-order valence-corrected chi connectivity index (χ1v) is 9.82. The molecule has 0 aliphatic heterocycles. The van der Waals surface area contributed by atoms with Crippen molar-refractivity contribution in [3.63, 3.8) is 0 Å². The van der Waals surface area contributed by atoms with Crippen LogP contribution in [0, 0.1) is 5.92 Å². The van der Waals surface area contributed by atoms with Gasteiger partial charge in [-0.2, -0.15) is 0 Å². The van der Waals surface area contributed by atoms with Crippen molar-refractivity contribution in [3.8, 4) is 16.9 Å². The molecule has 164 valence electrons. The largest absolute Gasteiger partial charge is 0.573 e. The smallest absolute Gasteiger partial charge is 0.406 e. The summed E-state index contributed by atoms with van der Waals surface area (Å²) in [7, 11) is 0. The Balaban J connectivity index is 1.62. The summed E-state index contributed by atoms with van der Waals surface area (Å²) < 4.78 is 41.1. The zero-order valence-electron chi connectivity index (χ0n) is 16.6. The highest BCUT2D eigenvalue weighted by Crippen LogP contribution is 2.32. The molecule has 1 fully saturated rings. The number of ether oxygens (including phenoxy) is 1. The van der Waals surface area contributed by atoms with Crippen molar-refractivity contribution in [2.75, 3.05) is 10.6 Å². The third-order valence-corrected chi connectivity index (χ3v) is 4.72. The van der Waals surface area contributed by atoms with Crippen molar-refractivity contribution in [1.82, 2.24) is 4.98 Å². The molecular formula is C23H18F3N3O3. The minimum Gasteiger partial charge on any atom is -0.406 e. The molecule has 1 saturated carbocycles. The first-order chi connectivity index (χ1) is 15.3. The Kier molecular flexibility index (Phi) is 5.81. The highest BCUT2D eigenvalue weighted by atomic mass is 19.4. The second-order valence-corrected chi connectivity index (χ2v) is 7.28. The SMILES string of the molecule is O=C(Nc1cc(-c2ccc(OC(F)(F)F)cc2)cc(NC(=O)C2CC2)n1)c1ccccc1. The molecule has 0 unspecified atom stereocenters. The van der Waals surface area contributed by atoms with Gasteiger partial charge in [0.25, 0.3) is 5.91 Å². The number of benzene rings is 2. The van der Waals surface area contributed by atoms with Gasteiger partial charge in [-0.3, -0.25) is 9.59 Å². The molecule has 0 saturated heterocycles. The zero-order valence-corrected chi connectivity index (χ0v) is 16.6. The summed E-state index contributed by atoms with van der Waals surface area (Å²) in [6.07, 6.45) is -3.17. The average molecular weight is 441 g/mol. The number of carbonyl (C=O) groups excluding carboxylic acids is 2. The van der Waals surface area contributed by atoms with Gasteiger partial charge in [0.05, 0.1) is 0 Å². The number of alkyl halides is 3. The number of hydrogen-bond acceptors (Lipinski definition) is 4. The lowest BCUT2D eigenvalue weighted by molar-refractivity contribution is -0.274. The van der Waals surface area contributed by atoms with E-state index in [9.17, 15) is 22.8 Å². The molecule has 6 nitrogen and oxygen atoms in total. The Bertz CT molecular complexity index is 1130. The number of aromatic nitrogens is 1. The molecule has 3 aromatic rings. The molecule has 1 heterocycles. The Morgan fingerprint density at radius 3 is 2.09 bits per heavy atom. The van der Waals surface area contributed by atoms with Gasteiger partial charge in [-0.25, -0.2) is 4.98 Å². The molecule has 1 aliphatic carbocycles. The van der Waals surface area contributed by atoms with E-state index in [2.05, 4.69) is 20.4 Å². The number of amides is 2. The zero-order chi connectivity index (χ0) is 22.7. The molecule has 1 aliphatic rings. The fraction of sp³-hybridized carbons (Fsp3) is 0.174. The maximum absolute atomic E-state index is 12.5. The molecule has 2 aromatic carbocycles. The Hall–Kier alpha value is -3.88. The number of pyridine rings is 1. The number of anilines is 2. The van der Waals surface area contributed by atoms with Gasteiger partial charge in [0.15, 0.2) is 0 Å². The molecule has 32 heavy (non-hydrogen) atoms. The van der Waals surface area contributed by atoms with Gasteiger partial charge in [-0.05, 0) is 60.4 Å². The minimum atomic E-state index is -4.78. The van der Waals surface area contributed by atoms with E-state index in [1.54, 1.807) is 42.5 Å². The second-order valence-electron chi connectivity index (χ2n) is 7.28. The maximum atomic E-state index is 12.5. The number of rotatable bonds is 6. The van der Waals surface area contributed by atoms with E-state index in [0.29, 0.717) is 16.7 Å². The highest BCUT2D eigenvalue weighted by Gasteiger charge is 2.31. The van der Waals surface area contributed by atoms with E-state index in [-0.39, 0.29) is 35.1 Å². The number of nitrogens with zero attached hydrogens (tertiary/aromatic N) is 1. The monoisotopic (exact) mass is 441 g/mol. The molecule has 9 heteroatoms. The number of carbonyl (C=O) groups is 2. The van der Waals surface area contributed by atoms with E-state index in [1.165, 1.54) is 24.3 Å². The van der Waals surface area contributed by atoms with Crippen LogP contribution in [0.3, 0.4) is 0 Å². The van der Waals surface area contributed by atoms with Crippen LogP contribution in [0.5, 0.6) is 5.75 Å². The van der Waals surface area contributed by atoms with Crippen molar-refractivity contribution < 1.29 is 27.5 Å². The van der Waals surface area contributed by atoms with E-state index in [0.717, 1.165) is 12.8 Å². The summed E-state index contributed by atoms with van der Waals surface area (Å²) in [4.78, 5) is 29.0. The van der Waals surface area contributed by atoms with Crippen molar-refractivity contribution >= 4 is 23.5 Å². The van der Waals surface area contributed by atoms with Crippen LogP contribution in [0.15, 0.2) is 66.7 Å². The fourth-order valence-corrected chi connectivity index (χ4v) is 3.03. The number of nitrogens with one attached hydrogen (secondary N) is 2. The summed E-state index contributed by atoms with van der Waals surface area (Å²) in [5.74, 6) is -0.527. The van der Waals surface area contributed by atoms with Crippen molar-refractivity contribution in [2.24, 2.45) is 5.92 Å². The quantitative estimate of drug-likeness (QED) is 0.548. The molecule has 1 aromatic heterocycles. The summed E-state index contributed by atoms with van der Waals surface area (Å²) in [6, 6.07) is 17.0. The summed E-state index contributed by atoms with van der Waals surface area (Å²) in [6.45, 7) is 0. The Morgan fingerprint density at radius 1 is 0.875 bits per heavy atom. The topological polar surface area (TPSA) is 80.3 Å². The van der Waals surface area contributed by atoms with Crippen LogP contribution in [-0.4, -0.2) is 23.2 Å². The lowest BCUT2D eigenvalue weighted by Crippen LogP contribution is -2.17. The standard InChI is InChI=1S/C23H18F3N3O3/c24-23(25,26)32-18-10-8-14(9-11-18)17-12-19(28-21(30)15-4-2-1-3-5-15)27-20(13-17)29-22(31)16-6-7-16/h1-5,8-13,16H,6-7H2,(H2,27,28,29,30,31). The van der Waals surface area contributed by atoms with Crippen molar-refractivity contribution in [1.29, 1.82) is 0 Å². The first kappa shape index (κ1) is 21.4. The van der Waals surface area contributed by atoms with E-state index in [4.69, 9.17) is 0 Å². The molecule has 2 N–H and O–H groups in total. The third kappa shape index (κ3) is 5.63. The molecular weight excluding hydrogens is 423 g/mol. The maximum Gasteiger partial charge on any atom is 0.573 e. The fourth-order valence-electron chi connectivity index (χ4n) is 3.03. The number of hydrogen-bond donors (Lipinski definition) is 2. The molecule has 0 atom stereocenters. The second kappa shape index (κ2) is 8.70. The number of halogens is 3. The van der Waals surface area contributed by atoms with Crippen LogP contribution >= 0.6 is 0 Å². The first-order valence-electron chi connectivity index (χ1n) is 9.82. The van der Waals surface area contributed by atoms with Crippen LogP contribution in [0.25, 0.3) is 11.1 Å². The van der Waals surface area contributed by atoms with E-state index >= 15 is 0 Å². The lowest BCUT2D eigenvalue weighted by atomic mass is 10.1. The van der Waals surface area contributed by atoms with Gasteiger partial charge in [0.1, 0.15) is 17.4 Å². The van der Waals surface area contributed by atoms with Crippen LogP contribution in [0.4, 0.5) is 24.8 Å². The van der Waals surface area contributed by atoms with Crippen LogP contribution in [0.2, 0.25) is 0 Å². The summed E-state index contributed by atoms with van der Waals surface area (Å²) in [5, 5.41) is 5.43. The van der Waals surface area contributed by atoms with Crippen LogP contribution in [-0.2, 0) is 4.79 Å². The summed E-state index contributed by atoms with van der Waals surface area (Å²) in [5.41, 5.74) is 1.53. The van der Waals surface area contributed by atoms with Crippen molar-refractivity contribution in [2.45, 2.75) is 19.2 Å². The molecule has 0 radical (unpaired) electrons. The van der Waals surface area contributed by atoms with Gasteiger partial charge in [-0.1, -0.05) is 30.3 Å². The summed E-state index contributed by atoms with van der Waals surface area (Å²) >= 11 is 0.